The molecule has 6 heteroatoms. The molecule has 1 fully saturated rings. The van der Waals surface area contributed by atoms with Crippen molar-refractivity contribution in [1.29, 1.82) is 0 Å². The van der Waals surface area contributed by atoms with Gasteiger partial charge in [-0.2, -0.15) is 0 Å². The Morgan fingerprint density at radius 3 is 2.34 bits per heavy atom. The number of aromatic nitrogens is 1. The Kier molecular flexibility index (Phi) is 7.22. The largest absolute Gasteiger partial charge is 0.372 e. The van der Waals surface area contributed by atoms with Gasteiger partial charge in [-0.25, -0.2) is 0 Å². The third-order valence-electron chi connectivity index (χ3n) is 5.45. The van der Waals surface area contributed by atoms with Gasteiger partial charge < -0.3 is 15.5 Å². The Morgan fingerprint density at radius 2 is 1.69 bits per heavy atom. The van der Waals surface area contributed by atoms with Gasteiger partial charge in [-0.1, -0.05) is 19.3 Å². The number of carbonyl (C=O) groups is 2. The van der Waals surface area contributed by atoms with Gasteiger partial charge in [-0.05, 0) is 63.1 Å². The summed E-state index contributed by atoms with van der Waals surface area (Å²) >= 11 is 0. The highest BCUT2D eigenvalue weighted by Gasteiger charge is 2.18. The maximum Gasteiger partial charge on any atom is 0.270 e. The summed E-state index contributed by atoms with van der Waals surface area (Å²) in [5.74, 6) is -0.468. The van der Waals surface area contributed by atoms with Crippen LogP contribution in [0.1, 0.15) is 66.8 Å². The Balaban J connectivity index is 1.63. The van der Waals surface area contributed by atoms with Crippen molar-refractivity contribution in [3.8, 4) is 0 Å². The molecule has 2 N–H and O–H groups in total. The lowest BCUT2D eigenvalue weighted by atomic mass is 9.95. The van der Waals surface area contributed by atoms with E-state index in [0.29, 0.717) is 5.56 Å². The zero-order valence-electron chi connectivity index (χ0n) is 17.3. The third kappa shape index (κ3) is 5.56. The molecular weight excluding hydrogens is 364 g/mol. The first-order valence-corrected chi connectivity index (χ1v) is 10.5. The van der Waals surface area contributed by atoms with E-state index in [1.165, 1.54) is 12.6 Å². The van der Waals surface area contributed by atoms with Gasteiger partial charge in [0.05, 0.1) is 0 Å². The molecule has 29 heavy (non-hydrogen) atoms. The molecule has 3 rings (SSSR count). The first kappa shape index (κ1) is 20.8. The predicted octanol–water partition coefficient (Wildman–Crippen LogP) is 4.24. The number of pyridine rings is 1. The first-order chi connectivity index (χ1) is 14.1. The van der Waals surface area contributed by atoms with Crippen LogP contribution in [0, 0.1) is 0 Å². The predicted molar refractivity (Wildman–Crippen MR) is 117 cm³/mol. The molecule has 2 aromatic rings. The van der Waals surface area contributed by atoms with Crippen LogP contribution in [0.5, 0.6) is 0 Å². The molecule has 0 unspecified atom stereocenters. The van der Waals surface area contributed by atoms with Crippen molar-refractivity contribution in [3.63, 3.8) is 0 Å². The number of rotatable bonds is 7. The smallest absolute Gasteiger partial charge is 0.270 e. The summed E-state index contributed by atoms with van der Waals surface area (Å²) in [6.07, 6.45) is 7.05. The molecule has 0 aliphatic heterocycles. The summed E-state index contributed by atoms with van der Waals surface area (Å²) in [6, 6.07) is 11.2. The molecule has 1 saturated carbocycles. The first-order valence-electron chi connectivity index (χ1n) is 10.5. The van der Waals surface area contributed by atoms with Gasteiger partial charge in [-0.15, -0.1) is 0 Å². The number of anilines is 2. The quantitative estimate of drug-likeness (QED) is 0.736. The Hall–Kier alpha value is -2.89. The van der Waals surface area contributed by atoms with Crippen LogP contribution in [0.15, 0.2) is 42.6 Å². The van der Waals surface area contributed by atoms with Crippen LogP contribution in [-0.4, -0.2) is 35.9 Å². The number of carbonyl (C=O) groups excluding carboxylic acids is 2. The van der Waals surface area contributed by atoms with E-state index >= 15 is 0 Å². The second-order valence-electron chi connectivity index (χ2n) is 7.41. The fraction of sp³-hybridized carbons (Fsp3) is 0.435. The molecule has 0 atom stereocenters. The normalized spacial score (nSPS) is 14.3. The van der Waals surface area contributed by atoms with Gasteiger partial charge in [0.2, 0.25) is 0 Å². The fourth-order valence-corrected chi connectivity index (χ4v) is 3.75. The van der Waals surface area contributed by atoms with Crippen LogP contribution >= 0.6 is 0 Å². The monoisotopic (exact) mass is 394 g/mol. The number of benzene rings is 1. The third-order valence-corrected chi connectivity index (χ3v) is 5.45. The highest BCUT2D eigenvalue weighted by Crippen LogP contribution is 2.19. The highest BCUT2D eigenvalue weighted by atomic mass is 16.2. The average molecular weight is 395 g/mol. The maximum absolute atomic E-state index is 12.6. The van der Waals surface area contributed by atoms with E-state index in [4.69, 9.17) is 0 Å². The lowest BCUT2D eigenvalue weighted by Crippen LogP contribution is -2.36. The topological polar surface area (TPSA) is 74.3 Å². The van der Waals surface area contributed by atoms with E-state index < -0.39 is 0 Å². The molecule has 154 valence electrons. The van der Waals surface area contributed by atoms with E-state index in [-0.39, 0.29) is 23.6 Å². The number of hydrogen-bond donors (Lipinski definition) is 2. The lowest BCUT2D eigenvalue weighted by molar-refractivity contribution is 0.0922. The molecular formula is C23H30N4O2. The van der Waals surface area contributed by atoms with Crippen LogP contribution in [0.2, 0.25) is 0 Å². The minimum atomic E-state index is -0.255. The maximum atomic E-state index is 12.6. The van der Waals surface area contributed by atoms with Crippen molar-refractivity contribution >= 4 is 23.2 Å². The number of hydrogen-bond acceptors (Lipinski definition) is 4. The number of nitrogens with one attached hydrogen (secondary N) is 2. The van der Waals surface area contributed by atoms with Crippen LogP contribution < -0.4 is 15.5 Å². The summed E-state index contributed by atoms with van der Waals surface area (Å²) in [7, 11) is 0. The molecule has 0 spiro atoms. The van der Waals surface area contributed by atoms with Gasteiger partial charge in [0.15, 0.2) is 0 Å². The van der Waals surface area contributed by atoms with Crippen molar-refractivity contribution in [2.24, 2.45) is 0 Å². The van der Waals surface area contributed by atoms with E-state index in [0.717, 1.165) is 50.1 Å². The Morgan fingerprint density at radius 1 is 1.00 bits per heavy atom. The molecule has 1 aliphatic carbocycles. The Labute approximate surface area is 172 Å². The summed E-state index contributed by atoms with van der Waals surface area (Å²) in [4.78, 5) is 31.5. The average Bonchev–Trinajstić information content (AvgIpc) is 2.76. The molecule has 0 bridgehead atoms. The van der Waals surface area contributed by atoms with Crippen molar-refractivity contribution in [3.05, 3.63) is 53.9 Å². The summed E-state index contributed by atoms with van der Waals surface area (Å²) in [5.41, 5.74) is 2.54. The standard InChI is InChI=1S/C23H30N4O2/c1-3-27(4-2)20-12-10-19(11-13-20)25-22(28)17-14-15-24-21(16-17)23(29)26-18-8-6-5-7-9-18/h10-16,18H,3-9H2,1-2H3,(H,25,28)(H,26,29). The van der Waals surface area contributed by atoms with Gasteiger partial charge >= 0.3 is 0 Å². The van der Waals surface area contributed by atoms with E-state index in [2.05, 4.69) is 34.4 Å². The van der Waals surface area contributed by atoms with Gasteiger partial charge in [0, 0.05) is 42.3 Å². The fourth-order valence-electron chi connectivity index (χ4n) is 3.75. The molecule has 0 saturated heterocycles. The molecule has 1 heterocycles. The SMILES string of the molecule is CCN(CC)c1ccc(NC(=O)c2ccnc(C(=O)NC3CCCCC3)c2)cc1. The zero-order chi connectivity index (χ0) is 20.6. The van der Waals surface area contributed by atoms with Gasteiger partial charge in [-0.3, -0.25) is 14.6 Å². The highest BCUT2D eigenvalue weighted by molar-refractivity contribution is 6.05. The molecule has 1 aromatic heterocycles. The van der Waals surface area contributed by atoms with Crippen molar-refractivity contribution < 1.29 is 9.59 Å². The van der Waals surface area contributed by atoms with Gasteiger partial charge in [0.25, 0.3) is 11.8 Å². The van der Waals surface area contributed by atoms with Crippen LogP contribution in [-0.2, 0) is 0 Å². The second-order valence-corrected chi connectivity index (χ2v) is 7.41. The van der Waals surface area contributed by atoms with Crippen molar-refractivity contribution in [1.82, 2.24) is 10.3 Å². The summed E-state index contributed by atoms with van der Waals surface area (Å²) < 4.78 is 0. The van der Waals surface area contributed by atoms with E-state index in [9.17, 15) is 9.59 Å². The second kappa shape index (κ2) is 10.0. The van der Waals surface area contributed by atoms with Crippen LogP contribution in [0.3, 0.4) is 0 Å². The number of nitrogens with zero attached hydrogens (tertiary/aromatic N) is 2. The molecule has 1 aliphatic rings. The Bertz CT molecular complexity index is 825. The molecule has 6 nitrogen and oxygen atoms in total. The van der Waals surface area contributed by atoms with Crippen LogP contribution in [0.4, 0.5) is 11.4 Å². The zero-order valence-corrected chi connectivity index (χ0v) is 17.3. The van der Waals surface area contributed by atoms with Crippen molar-refractivity contribution in [2.75, 3.05) is 23.3 Å². The van der Waals surface area contributed by atoms with E-state index in [1.54, 1.807) is 12.1 Å². The van der Waals surface area contributed by atoms with Crippen LogP contribution in [0.25, 0.3) is 0 Å². The van der Waals surface area contributed by atoms with Gasteiger partial charge in [0.1, 0.15) is 5.69 Å². The molecule has 0 radical (unpaired) electrons. The summed E-state index contributed by atoms with van der Waals surface area (Å²) in [5, 5.41) is 5.93. The van der Waals surface area contributed by atoms with E-state index in [1.807, 2.05) is 24.3 Å². The minimum Gasteiger partial charge on any atom is -0.372 e. The molecule has 2 amide bonds. The van der Waals surface area contributed by atoms with Crippen molar-refractivity contribution in [2.45, 2.75) is 52.0 Å². The number of amides is 2. The summed E-state index contributed by atoms with van der Waals surface area (Å²) in [6.45, 7) is 6.10. The molecule has 1 aromatic carbocycles. The lowest BCUT2D eigenvalue weighted by Gasteiger charge is -2.22. The minimum absolute atomic E-state index is 0.208.